The molecule has 1 fully saturated rings. The first-order valence-electron chi connectivity index (χ1n) is 5.15. The Morgan fingerprint density at radius 3 is 3.00 bits per heavy atom. The lowest BCUT2D eigenvalue weighted by Gasteiger charge is -2.29. The Labute approximate surface area is 85.6 Å². The van der Waals surface area contributed by atoms with Gasteiger partial charge >= 0.3 is 0 Å². The molecule has 1 aliphatic rings. The van der Waals surface area contributed by atoms with Gasteiger partial charge in [-0.05, 0) is 32.2 Å². The molecule has 78 valence electrons. The summed E-state index contributed by atoms with van der Waals surface area (Å²) in [5.74, 6) is 2.92. The van der Waals surface area contributed by atoms with E-state index < -0.39 is 0 Å². The second-order valence-corrected chi connectivity index (χ2v) is 3.95. The van der Waals surface area contributed by atoms with E-state index in [0.29, 0.717) is 5.92 Å². The Morgan fingerprint density at radius 2 is 2.43 bits per heavy atom. The molecule has 1 amide bonds. The van der Waals surface area contributed by atoms with Crippen LogP contribution in [-0.2, 0) is 4.79 Å². The summed E-state index contributed by atoms with van der Waals surface area (Å²) in [4.78, 5) is 11.7. The van der Waals surface area contributed by atoms with Gasteiger partial charge in [0.05, 0.1) is 12.1 Å². The maximum Gasteiger partial charge on any atom is 0.238 e. The number of carbonyl (C=O) groups is 1. The number of amides is 1. The largest absolute Gasteiger partial charge is 0.341 e. The van der Waals surface area contributed by atoms with Crippen LogP contribution in [0, 0.1) is 18.3 Å². The second kappa shape index (κ2) is 5.02. The molecule has 1 heterocycles. The zero-order valence-electron chi connectivity index (χ0n) is 8.84. The maximum absolute atomic E-state index is 11.7. The zero-order valence-corrected chi connectivity index (χ0v) is 8.84. The molecule has 0 aromatic carbocycles. The summed E-state index contributed by atoms with van der Waals surface area (Å²) in [5.41, 5.74) is 0. The van der Waals surface area contributed by atoms with Crippen LogP contribution in [0.5, 0.6) is 0 Å². The van der Waals surface area contributed by atoms with Gasteiger partial charge in [-0.1, -0.05) is 12.8 Å². The molecule has 1 saturated heterocycles. The van der Waals surface area contributed by atoms with E-state index in [2.05, 4.69) is 23.5 Å². The van der Waals surface area contributed by atoms with Crippen LogP contribution in [0.2, 0.25) is 0 Å². The predicted molar refractivity (Wildman–Crippen MR) is 56.6 cm³/mol. The molecule has 3 nitrogen and oxygen atoms in total. The smallest absolute Gasteiger partial charge is 0.238 e. The molecule has 0 bridgehead atoms. The average molecular weight is 194 g/mol. The molecule has 3 unspecified atom stereocenters. The number of hydrogen-bond donors (Lipinski definition) is 2. The molecule has 0 radical (unpaired) electrons. The lowest BCUT2D eigenvalue weighted by Crippen LogP contribution is -2.52. The van der Waals surface area contributed by atoms with Gasteiger partial charge in [0, 0.05) is 0 Å². The molecule has 0 aromatic rings. The van der Waals surface area contributed by atoms with Gasteiger partial charge in [0.2, 0.25) is 5.91 Å². The average Bonchev–Trinajstić information content (AvgIpc) is 2.18. The SMILES string of the molecule is C#CC(C)NC(=O)C1NCCCC1C. The number of carbonyl (C=O) groups excluding carboxylic acids is 1. The molecule has 2 N–H and O–H groups in total. The van der Waals surface area contributed by atoms with Crippen LogP contribution in [0.1, 0.15) is 26.7 Å². The van der Waals surface area contributed by atoms with Crippen molar-refractivity contribution in [2.45, 2.75) is 38.8 Å². The van der Waals surface area contributed by atoms with Gasteiger partial charge in [-0.15, -0.1) is 6.42 Å². The summed E-state index contributed by atoms with van der Waals surface area (Å²) < 4.78 is 0. The van der Waals surface area contributed by atoms with Gasteiger partial charge in [-0.25, -0.2) is 0 Å². The van der Waals surface area contributed by atoms with Crippen LogP contribution in [0.4, 0.5) is 0 Å². The first-order chi connectivity index (χ1) is 6.65. The molecule has 0 aliphatic carbocycles. The highest BCUT2D eigenvalue weighted by Crippen LogP contribution is 2.15. The topological polar surface area (TPSA) is 41.1 Å². The highest BCUT2D eigenvalue weighted by atomic mass is 16.2. The van der Waals surface area contributed by atoms with Gasteiger partial charge in [-0.2, -0.15) is 0 Å². The van der Waals surface area contributed by atoms with Crippen molar-refractivity contribution in [3.8, 4) is 12.3 Å². The van der Waals surface area contributed by atoms with Crippen LogP contribution in [-0.4, -0.2) is 24.5 Å². The van der Waals surface area contributed by atoms with E-state index in [1.807, 2.05) is 6.92 Å². The molecule has 14 heavy (non-hydrogen) atoms. The van der Waals surface area contributed by atoms with Crippen molar-refractivity contribution in [2.24, 2.45) is 5.92 Å². The van der Waals surface area contributed by atoms with E-state index >= 15 is 0 Å². The zero-order chi connectivity index (χ0) is 10.6. The Kier molecular flexibility index (Phi) is 3.97. The van der Waals surface area contributed by atoms with Gasteiger partial charge in [0.15, 0.2) is 0 Å². The fourth-order valence-electron chi connectivity index (χ4n) is 1.75. The third-order valence-corrected chi connectivity index (χ3v) is 2.66. The summed E-state index contributed by atoms with van der Waals surface area (Å²) in [6.45, 7) is 4.83. The lowest BCUT2D eigenvalue weighted by molar-refractivity contribution is -0.125. The van der Waals surface area contributed by atoms with Gasteiger partial charge < -0.3 is 10.6 Å². The van der Waals surface area contributed by atoms with Gasteiger partial charge in [0.1, 0.15) is 0 Å². The third-order valence-electron chi connectivity index (χ3n) is 2.66. The molecule has 0 saturated carbocycles. The van der Waals surface area contributed by atoms with Gasteiger partial charge in [-0.3, -0.25) is 4.79 Å². The van der Waals surface area contributed by atoms with Crippen LogP contribution in [0.3, 0.4) is 0 Å². The van der Waals surface area contributed by atoms with Crippen molar-refractivity contribution >= 4 is 5.91 Å². The van der Waals surface area contributed by atoms with Crippen molar-refractivity contribution < 1.29 is 4.79 Å². The van der Waals surface area contributed by atoms with Gasteiger partial charge in [0.25, 0.3) is 0 Å². The Morgan fingerprint density at radius 1 is 1.71 bits per heavy atom. The van der Waals surface area contributed by atoms with Crippen LogP contribution >= 0.6 is 0 Å². The molecule has 3 heteroatoms. The van der Waals surface area contributed by atoms with Crippen molar-refractivity contribution in [1.82, 2.24) is 10.6 Å². The summed E-state index contributed by atoms with van der Waals surface area (Å²) in [7, 11) is 0. The minimum atomic E-state index is -0.182. The number of piperidine rings is 1. The molecule has 0 aromatic heterocycles. The number of rotatable bonds is 2. The van der Waals surface area contributed by atoms with E-state index in [9.17, 15) is 4.79 Å². The Bertz CT molecular complexity index is 244. The van der Waals surface area contributed by atoms with E-state index in [4.69, 9.17) is 6.42 Å². The van der Waals surface area contributed by atoms with Crippen LogP contribution in [0.25, 0.3) is 0 Å². The Hall–Kier alpha value is -1.01. The molecule has 0 spiro atoms. The highest BCUT2D eigenvalue weighted by Gasteiger charge is 2.27. The predicted octanol–water partition coefficient (Wildman–Crippen LogP) is 0.512. The Balaban J connectivity index is 2.47. The van der Waals surface area contributed by atoms with E-state index in [1.54, 1.807) is 0 Å². The second-order valence-electron chi connectivity index (χ2n) is 3.95. The van der Waals surface area contributed by atoms with E-state index in [-0.39, 0.29) is 18.0 Å². The summed E-state index contributed by atoms with van der Waals surface area (Å²) in [5, 5.41) is 6.01. The number of hydrogen-bond acceptors (Lipinski definition) is 2. The van der Waals surface area contributed by atoms with Crippen molar-refractivity contribution in [2.75, 3.05) is 6.54 Å². The summed E-state index contributed by atoms with van der Waals surface area (Å²) >= 11 is 0. The highest BCUT2D eigenvalue weighted by molar-refractivity contribution is 5.82. The first-order valence-corrected chi connectivity index (χ1v) is 5.15. The van der Waals surface area contributed by atoms with Crippen molar-refractivity contribution in [3.63, 3.8) is 0 Å². The van der Waals surface area contributed by atoms with Crippen molar-refractivity contribution in [3.05, 3.63) is 0 Å². The first kappa shape index (κ1) is 11.1. The summed E-state index contributed by atoms with van der Waals surface area (Å²) in [6.07, 6.45) is 7.45. The quantitative estimate of drug-likeness (QED) is 0.629. The normalized spacial score (nSPS) is 28.9. The molecule has 1 rings (SSSR count). The van der Waals surface area contributed by atoms with Crippen LogP contribution < -0.4 is 10.6 Å². The minimum Gasteiger partial charge on any atom is -0.341 e. The number of terminal acetylenes is 1. The molecule has 3 atom stereocenters. The lowest BCUT2D eigenvalue weighted by atomic mass is 9.92. The standard InChI is InChI=1S/C11H18N2O/c1-4-9(3)13-11(14)10-8(2)6-5-7-12-10/h1,8-10,12H,5-7H2,2-3H3,(H,13,14). The third kappa shape index (κ3) is 2.74. The minimum absolute atomic E-state index is 0.0302. The fourth-order valence-corrected chi connectivity index (χ4v) is 1.75. The fraction of sp³-hybridized carbons (Fsp3) is 0.727. The van der Waals surface area contributed by atoms with Crippen molar-refractivity contribution in [1.29, 1.82) is 0 Å². The maximum atomic E-state index is 11.7. The van der Waals surface area contributed by atoms with E-state index in [1.165, 1.54) is 0 Å². The molecule has 1 aliphatic heterocycles. The van der Waals surface area contributed by atoms with Crippen LogP contribution in [0.15, 0.2) is 0 Å². The monoisotopic (exact) mass is 194 g/mol. The van der Waals surface area contributed by atoms with E-state index in [0.717, 1.165) is 19.4 Å². The number of nitrogens with one attached hydrogen (secondary N) is 2. The molecular weight excluding hydrogens is 176 g/mol. The molecular formula is C11H18N2O. The summed E-state index contributed by atoms with van der Waals surface area (Å²) in [6, 6.07) is -0.252.